The van der Waals surface area contributed by atoms with Crippen molar-refractivity contribution in [1.29, 1.82) is 0 Å². The van der Waals surface area contributed by atoms with E-state index in [-0.39, 0.29) is 30.1 Å². The van der Waals surface area contributed by atoms with Crippen LogP contribution in [0.2, 0.25) is 10.0 Å². The van der Waals surface area contributed by atoms with Gasteiger partial charge in [-0.1, -0.05) is 48.2 Å². The van der Waals surface area contributed by atoms with Crippen LogP contribution in [0.1, 0.15) is 54.7 Å². The van der Waals surface area contributed by atoms with Crippen molar-refractivity contribution < 1.29 is 13.2 Å². The van der Waals surface area contributed by atoms with Gasteiger partial charge in [0, 0.05) is 12.0 Å². The highest BCUT2D eigenvalue weighted by Gasteiger charge is 2.28. The van der Waals surface area contributed by atoms with E-state index in [4.69, 9.17) is 33.7 Å². The van der Waals surface area contributed by atoms with Crippen LogP contribution in [-0.4, -0.2) is 32.6 Å². The zero-order valence-electron chi connectivity index (χ0n) is 18.6. The Morgan fingerprint density at radius 2 is 1.79 bits per heavy atom. The molecule has 8 heteroatoms. The predicted molar refractivity (Wildman–Crippen MR) is 139 cm³/mol. The van der Waals surface area contributed by atoms with E-state index in [1.807, 2.05) is 24.3 Å². The third-order valence-electron chi connectivity index (χ3n) is 6.62. The number of sulfone groups is 1. The van der Waals surface area contributed by atoms with Crippen LogP contribution >= 0.6 is 35.6 Å². The fourth-order valence-electron chi connectivity index (χ4n) is 4.50. The highest BCUT2D eigenvalue weighted by atomic mass is 35.5. The molecule has 182 valence electrons. The highest BCUT2D eigenvalue weighted by molar-refractivity contribution is 7.91. The SMILES string of the molecule is Cl.NC1CCc2ccc(OCCCS(=O)(=O)CCC3CC3)cc2C1Cc1ccc(Cl)c(Cl)c1. The summed E-state index contributed by atoms with van der Waals surface area (Å²) in [6.07, 6.45) is 6.38. The van der Waals surface area contributed by atoms with Crippen molar-refractivity contribution in [2.75, 3.05) is 18.1 Å². The fourth-order valence-corrected chi connectivity index (χ4v) is 6.27. The van der Waals surface area contributed by atoms with Crippen molar-refractivity contribution >= 4 is 45.4 Å². The van der Waals surface area contributed by atoms with E-state index in [0.717, 1.165) is 37.0 Å². The van der Waals surface area contributed by atoms with Gasteiger partial charge >= 0.3 is 0 Å². The van der Waals surface area contributed by atoms with Gasteiger partial charge in [0.15, 0.2) is 0 Å². The van der Waals surface area contributed by atoms with Crippen LogP contribution in [0.3, 0.4) is 0 Å². The molecule has 4 nitrogen and oxygen atoms in total. The Hall–Kier alpha value is -0.980. The molecule has 2 atom stereocenters. The summed E-state index contributed by atoms with van der Waals surface area (Å²) >= 11 is 12.3. The van der Waals surface area contributed by atoms with Gasteiger partial charge < -0.3 is 10.5 Å². The Morgan fingerprint density at radius 1 is 1.00 bits per heavy atom. The molecule has 2 aromatic carbocycles. The summed E-state index contributed by atoms with van der Waals surface area (Å²) in [4.78, 5) is 0. The molecular formula is C25H32Cl3NO3S. The number of nitrogens with two attached hydrogens (primary N) is 1. The molecule has 0 saturated heterocycles. The Balaban J connectivity index is 0.00000306. The molecule has 0 bridgehead atoms. The normalized spacial score (nSPS) is 20.1. The van der Waals surface area contributed by atoms with Crippen molar-refractivity contribution in [1.82, 2.24) is 0 Å². The number of aryl methyl sites for hydroxylation is 1. The number of halogens is 3. The maximum Gasteiger partial charge on any atom is 0.150 e. The molecule has 2 unspecified atom stereocenters. The Morgan fingerprint density at radius 3 is 2.52 bits per heavy atom. The number of fused-ring (bicyclic) bond motifs is 1. The molecule has 1 saturated carbocycles. The summed E-state index contributed by atoms with van der Waals surface area (Å²) in [5.41, 5.74) is 10.1. The Kier molecular flexibility index (Phi) is 9.39. The van der Waals surface area contributed by atoms with Crippen molar-refractivity contribution in [2.24, 2.45) is 11.7 Å². The summed E-state index contributed by atoms with van der Waals surface area (Å²) in [6, 6.07) is 12.0. The van der Waals surface area contributed by atoms with E-state index in [1.54, 1.807) is 0 Å². The monoisotopic (exact) mass is 531 g/mol. The van der Waals surface area contributed by atoms with Crippen molar-refractivity contribution in [3.63, 3.8) is 0 Å². The van der Waals surface area contributed by atoms with Gasteiger partial charge in [-0.15, -0.1) is 12.4 Å². The quantitative estimate of drug-likeness (QED) is 0.381. The van der Waals surface area contributed by atoms with E-state index in [9.17, 15) is 8.42 Å². The van der Waals surface area contributed by atoms with Gasteiger partial charge in [0.25, 0.3) is 0 Å². The van der Waals surface area contributed by atoms with Crippen LogP contribution in [0.5, 0.6) is 5.75 Å². The summed E-state index contributed by atoms with van der Waals surface area (Å²) < 4.78 is 30.3. The molecule has 2 aliphatic carbocycles. The molecule has 2 aromatic rings. The first-order chi connectivity index (χ1) is 15.3. The van der Waals surface area contributed by atoms with Gasteiger partial charge in [0.05, 0.1) is 28.2 Å². The molecule has 33 heavy (non-hydrogen) atoms. The molecule has 1 fully saturated rings. The third-order valence-corrected chi connectivity index (χ3v) is 9.13. The summed E-state index contributed by atoms with van der Waals surface area (Å²) in [5.74, 6) is 2.08. The van der Waals surface area contributed by atoms with Crippen LogP contribution in [0.15, 0.2) is 36.4 Å². The number of hydrogen-bond donors (Lipinski definition) is 1. The standard InChI is InChI=1S/C25H31Cl2NO3S.ClH/c26-23-8-4-18(15-24(23)27)14-22-21-16-20(7-5-19(21)6-9-25(22)28)31-11-1-12-32(29,30)13-10-17-2-3-17;/h4-5,7-8,15-17,22,25H,1-3,6,9-14,28H2;1H. The Labute approximate surface area is 213 Å². The van der Waals surface area contributed by atoms with Crippen LogP contribution in [0, 0.1) is 5.92 Å². The summed E-state index contributed by atoms with van der Waals surface area (Å²) in [6.45, 7) is 0.394. The minimum atomic E-state index is -2.98. The van der Waals surface area contributed by atoms with Gasteiger partial charge in [-0.05, 0) is 79.0 Å². The molecule has 2 aliphatic rings. The van der Waals surface area contributed by atoms with Gasteiger partial charge in [-0.25, -0.2) is 8.42 Å². The van der Waals surface area contributed by atoms with Crippen LogP contribution < -0.4 is 10.5 Å². The van der Waals surface area contributed by atoms with Crippen LogP contribution in [0.25, 0.3) is 0 Å². The van der Waals surface area contributed by atoms with E-state index in [0.29, 0.717) is 34.7 Å². The molecule has 0 heterocycles. The van der Waals surface area contributed by atoms with E-state index in [2.05, 4.69) is 12.1 Å². The van der Waals surface area contributed by atoms with Crippen LogP contribution in [0.4, 0.5) is 0 Å². The first-order valence-corrected chi connectivity index (χ1v) is 14.0. The molecule has 0 radical (unpaired) electrons. The smallest absolute Gasteiger partial charge is 0.150 e. The maximum absolute atomic E-state index is 12.2. The van der Waals surface area contributed by atoms with Crippen molar-refractivity contribution in [3.05, 3.63) is 63.1 Å². The lowest BCUT2D eigenvalue weighted by atomic mass is 9.76. The second kappa shape index (κ2) is 11.6. The second-order valence-corrected chi connectivity index (χ2v) is 12.3. The largest absolute Gasteiger partial charge is 0.494 e. The average Bonchev–Trinajstić information content (AvgIpc) is 3.59. The van der Waals surface area contributed by atoms with E-state index >= 15 is 0 Å². The molecular weight excluding hydrogens is 501 g/mol. The second-order valence-electron chi connectivity index (χ2n) is 9.21. The average molecular weight is 533 g/mol. The first kappa shape index (κ1) is 26.6. The van der Waals surface area contributed by atoms with E-state index in [1.165, 1.54) is 24.0 Å². The number of hydrogen-bond acceptors (Lipinski definition) is 4. The molecule has 0 aromatic heterocycles. The highest BCUT2D eigenvalue weighted by Crippen LogP contribution is 2.37. The maximum atomic E-state index is 12.2. The van der Waals surface area contributed by atoms with Crippen molar-refractivity contribution in [3.8, 4) is 5.75 Å². The van der Waals surface area contributed by atoms with E-state index < -0.39 is 9.84 Å². The summed E-state index contributed by atoms with van der Waals surface area (Å²) in [7, 11) is -2.98. The van der Waals surface area contributed by atoms with Gasteiger partial charge in [-0.2, -0.15) is 0 Å². The minimum absolute atomic E-state index is 0. The first-order valence-electron chi connectivity index (χ1n) is 11.5. The molecule has 4 rings (SSSR count). The predicted octanol–water partition coefficient (Wildman–Crippen LogP) is 6.00. The fraction of sp³-hybridized carbons (Fsp3) is 0.520. The van der Waals surface area contributed by atoms with Gasteiger partial charge in [0.2, 0.25) is 0 Å². The zero-order valence-corrected chi connectivity index (χ0v) is 21.8. The van der Waals surface area contributed by atoms with Crippen molar-refractivity contribution in [2.45, 2.75) is 56.9 Å². The number of rotatable bonds is 10. The summed E-state index contributed by atoms with van der Waals surface area (Å²) in [5, 5.41) is 1.10. The molecule has 0 spiro atoms. The lowest BCUT2D eigenvalue weighted by Gasteiger charge is -2.32. The lowest BCUT2D eigenvalue weighted by molar-refractivity contribution is 0.316. The van der Waals surface area contributed by atoms with Crippen LogP contribution in [-0.2, 0) is 22.7 Å². The minimum Gasteiger partial charge on any atom is -0.494 e. The molecule has 2 N–H and O–H groups in total. The van der Waals surface area contributed by atoms with Gasteiger partial charge in [0.1, 0.15) is 15.6 Å². The number of ether oxygens (including phenoxy) is 1. The molecule has 0 aliphatic heterocycles. The lowest BCUT2D eigenvalue weighted by Crippen LogP contribution is -2.34. The van der Waals surface area contributed by atoms with Gasteiger partial charge in [-0.3, -0.25) is 0 Å². The Bertz CT molecular complexity index is 1060. The number of benzene rings is 2. The topological polar surface area (TPSA) is 69.4 Å². The zero-order chi connectivity index (χ0) is 22.7. The third kappa shape index (κ3) is 7.50. The molecule has 0 amide bonds.